The minimum atomic E-state index is -0.289. The van der Waals surface area contributed by atoms with Crippen LogP contribution in [-0.2, 0) is 14.3 Å². The molecule has 1 saturated heterocycles. The van der Waals surface area contributed by atoms with Crippen LogP contribution in [0.5, 0.6) is 0 Å². The molecule has 0 radical (unpaired) electrons. The predicted molar refractivity (Wildman–Crippen MR) is 125 cm³/mol. The maximum absolute atomic E-state index is 12.4. The van der Waals surface area contributed by atoms with Crippen LogP contribution in [-0.4, -0.2) is 35.7 Å². The molecule has 0 saturated carbocycles. The molecule has 1 fully saturated rings. The van der Waals surface area contributed by atoms with E-state index in [2.05, 4.69) is 20.6 Å². The van der Waals surface area contributed by atoms with Gasteiger partial charge in [0.2, 0.25) is 5.91 Å². The molecule has 3 aromatic rings. The molecule has 0 bridgehead atoms. The van der Waals surface area contributed by atoms with E-state index in [1.165, 1.54) is 18.9 Å². The van der Waals surface area contributed by atoms with Crippen LogP contribution in [0.3, 0.4) is 0 Å². The van der Waals surface area contributed by atoms with Crippen LogP contribution in [0.2, 0.25) is 5.02 Å². The number of benzene rings is 2. The zero-order chi connectivity index (χ0) is 21.8. The molecule has 1 aliphatic rings. The van der Waals surface area contributed by atoms with Gasteiger partial charge in [-0.05, 0) is 59.8 Å². The monoisotopic (exact) mass is 452 g/mol. The molecule has 2 N–H and O–H groups in total. The first-order chi connectivity index (χ1) is 15.0. The van der Waals surface area contributed by atoms with Crippen molar-refractivity contribution in [1.29, 1.82) is 0 Å². The topological polar surface area (TPSA) is 92.7 Å². The summed E-state index contributed by atoms with van der Waals surface area (Å²) in [4.78, 5) is 33.4. The smallest absolute Gasteiger partial charge is 0.264 e. The number of hydrogen-bond acceptors (Lipinski definition) is 6. The summed E-state index contributed by atoms with van der Waals surface area (Å²) in [6, 6.07) is 14.6. The molecule has 2 aromatic carbocycles. The fourth-order valence-corrected chi connectivity index (χ4v) is 3.92. The van der Waals surface area contributed by atoms with Gasteiger partial charge in [-0.25, -0.2) is 4.99 Å². The second-order valence-electron chi connectivity index (χ2n) is 6.58. The highest BCUT2D eigenvalue weighted by Gasteiger charge is 2.24. The molecule has 0 aliphatic carbocycles. The van der Waals surface area contributed by atoms with Gasteiger partial charge in [-0.1, -0.05) is 23.7 Å². The highest BCUT2D eigenvalue weighted by atomic mass is 35.5. The molecular formula is C22H17ClN4O3S. The number of fused-ring (bicyclic) bond motifs is 1. The number of rotatable bonds is 5. The maximum Gasteiger partial charge on any atom is 0.264 e. The van der Waals surface area contributed by atoms with Crippen molar-refractivity contribution in [3.8, 4) is 0 Å². The van der Waals surface area contributed by atoms with E-state index in [9.17, 15) is 9.59 Å². The van der Waals surface area contributed by atoms with Crippen molar-refractivity contribution in [2.75, 3.05) is 19.0 Å². The summed E-state index contributed by atoms with van der Waals surface area (Å²) >= 11 is 7.46. The average molecular weight is 453 g/mol. The van der Waals surface area contributed by atoms with E-state index in [4.69, 9.17) is 16.3 Å². The van der Waals surface area contributed by atoms with E-state index >= 15 is 0 Å². The number of aromatic nitrogens is 1. The highest BCUT2D eigenvalue weighted by Crippen LogP contribution is 2.33. The number of thioether (sulfide) groups is 1. The number of amidine groups is 1. The third-order valence-corrected chi connectivity index (χ3v) is 5.53. The van der Waals surface area contributed by atoms with Crippen molar-refractivity contribution in [1.82, 2.24) is 10.3 Å². The number of nitrogens with zero attached hydrogens (tertiary/aromatic N) is 2. The second kappa shape index (κ2) is 9.30. The van der Waals surface area contributed by atoms with E-state index in [0.717, 1.165) is 16.5 Å². The van der Waals surface area contributed by atoms with Gasteiger partial charge in [0.15, 0.2) is 5.17 Å². The van der Waals surface area contributed by atoms with E-state index in [1.54, 1.807) is 30.5 Å². The van der Waals surface area contributed by atoms with Crippen LogP contribution in [0.1, 0.15) is 5.56 Å². The minimum Gasteiger partial charge on any atom is -0.375 e. The van der Waals surface area contributed by atoms with Gasteiger partial charge in [-0.15, -0.1) is 0 Å². The molecule has 9 heteroatoms. The second-order valence-corrected chi connectivity index (χ2v) is 8.02. The van der Waals surface area contributed by atoms with Crippen LogP contribution >= 0.6 is 23.4 Å². The van der Waals surface area contributed by atoms with E-state index in [-0.39, 0.29) is 18.4 Å². The van der Waals surface area contributed by atoms with Crippen LogP contribution in [0.4, 0.5) is 11.4 Å². The molecule has 0 unspecified atom stereocenters. The third kappa shape index (κ3) is 5.11. The lowest BCUT2D eigenvalue weighted by Gasteiger charge is -2.06. The average Bonchev–Trinajstić information content (AvgIpc) is 3.09. The molecule has 2 amide bonds. The summed E-state index contributed by atoms with van der Waals surface area (Å²) in [5.41, 5.74) is 2.74. The summed E-state index contributed by atoms with van der Waals surface area (Å²) in [7, 11) is 1.44. The first-order valence-corrected chi connectivity index (χ1v) is 10.4. The van der Waals surface area contributed by atoms with E-state index in [0.29, 0.717) is 26.5 Å². The Kier molecular flexibility index (Phi) is 6.31. The van der Waals surface area contributed by atoms with Crippen LogP contribution in [0, 0.1) is 0 Å². The van der Waals surface area contributed by atoms with Gasteiger partial charge in [-0.2, -0.15) is 0 Å². The standard InChI is InChI=1S/C22H17ClN4O3S/c1-30-12-20(28)25-15-5-6-16(23)18(11-15)26-22-27-21(29)19(31-22)10-13-4-7-17-14(9-13)3-2-8-24-17/h2-11H,12H2,1H3,(H,25,28)(H,26,27,29). The van der Waals surface area contributed by atoms with Crippen molar-refractivity contribution in [3.63, 3.8) is 0 Å². The molecule has 31 heavy (non-hydrogen) atoms. The number of carbonyl (C=O) groups excluding carboxylic acids is 2. The minimum absolute atomic E-state index is 0.0582. The van der Waals surface area contributed by atoms with Crippen molar-refractivity contribution >= 4 is 68.7 Å². The SMILES string of the molecule is COCC(=O)Nc1ccc(Cl)c(N=C2NC(=O)C(=Cc3ccc4ncccc4c3)S2)c1. The summed E-state index contributed by atoms with van der Waals surface area (Å²) in [5.74, 6) is -0.529. The number of methoxy groups -OCH3 is 1. The van der Waals surface area contributed by atoms with Crippen LogP contribution < -0.4 is 10.6 Å². The molecule has 4 rings (SSSR count). The lowest BCUT2D eigenvalue weighted by Crippen LogP contribution is -2.19. The fourth-order valence-electron chi connectivity index (χ4n) is 2.93. The number of carbonyl (C=O) groups is 2. The number of nitrogens with one attached hydrogen (secondary N) is 2. The van der Waals surface area contributed by atoms with Crippen molar-refractivity contribution < 1.29 is 14.3 Å². The number of halogens is 1. The number of ether oxygens (including phenoxy) is 1. The first kappa shape index (κ1) is 21.0. The number of hydrogen-bond donors (Lipinski definition) is 2. The molecule has 0 atom stereocenters. The van der Waals surface area contributed by atoms with Crippen molar-refractivity contribution in [3.05, 3.63) is 70.2 Å². The largest absolute Gasteiger partial charge is 0.375 e. The van der Waals surface area contributed by atoms with Gasteiger partial charge in [0.25, 0.3) is 5.91 Å². The molecule has 156 valence electrons. The summed E-state index contributed by atoms with van der Waals surface area (Å²) in [5, 5.41) is 7.24. The maximum atomic E-state index is 12.4. The summed E-state index contributed by atoms with van der Waals surface area (Å²) in [6.07, 6.45) is 3.55. The molecule has 7 nitrogen and oxygen atoms in total. The van der Waals surface area contributed by atoms with Gasteiger partial charge in [0.1, 0.15) is 6.61 Å². The normalized spacial score (nSPS) is 16.1. The lowest BCUT2D eigenvalue weighted by molar-refractivity contribution is -0.119. The molecule has 1 aliphatic heterocycles. The van der Waals surface area contributed by atoms with Crippen molar-refractivity contribution in [2.24, 2.45) is 4.99 Å². The Morgan fingerprint density at radius 2 is 2.16 bits per heavy atom. The Balaban J connectivity index is 1.55. The Labute approximate surface area is 187 Å². The van der Waals surface area contributed by atoms with Gasteiger partial charge in [0.05, 0.1) is 21.1 Å². The van der Waals surface area contributed by atoms with E-state index < -0.39 is 0 Å². The Morgan fingerprint density at radius 1 is 1.29 bits per heavy atom. The number of pyridine rings is 1. The van der Waals surface area contributed by atoms with E-state index in [1.807, 2.05) is 30.3 Å². The lowest BCUT2D eigenvalue weighted by atomic mass is 10.1. The number of amides is 2. The highest BCUT2D eigenvalue weighted by molar-refractivity contribution is 8.18. The molecular weight excluding hydrogens is 436 g/mol. The quantitative estimate of drug-likeness (QED) is 0.561. The zero-order valence-electron chi connectivity index (χ0n) is 16.4. The van der Waals surface area contributed by atoms with Gasteiger partial charge in [0, 0.05) is 24.4 Å². The van der Waals surface area contributed by atoms with Gasteiger partial charge in [-0.3, -0.25) is 14.6 Å². The fraction of sp³-hybridized carbons (Fsp3) is 0.0909. The van der Waals surface area contributed by atoms with Gasteiger partial charge < -0.3 is 15.4 Å². The Hall–Kier alpha value is -3.20. The Morgan fingerprint density at radius 3 is 3.00 bits per heavy atom. The number of aliphatic imine (C=N–C) groups is 1. The number of anilines is 1. The third-order valence-electron chi connectivity index (χ3n) is 4.30. The molecule has 2 heterocycles. The predicted octanol–water partition coefficient (Wildman–Crippen LogP) is 4.36. The first-order valence-electron chi connectivity index (χ1n) is 9.24. The molecule has 1 aromatic heterocycles. The van der Waals surface area contributed by atoms with Crippen LogP contribution in [0.15, 0.2) is 64.6 Å². The Bertz CT molecular complexity index is 1240. The summed E-state index contributed by atoms with van der Waals surface area (Å²) < 4.78 is 4.81. The van der Waals surface area contributed by atoms with Gasteiger partial charge >= 0.3 is 0 Å². The zero-order valence-corrected chi connectivity index (χ0v) is 18.0. The molecule has 0 spiro atoms. The summed E-state index contributed by atoms with van der Waals surface area (Å²) in [6.45, 7) is -0.0582. The van der Waals surface area contributed by atoms with Crippen molar-refractivity contribution in [2.45, 2.75) is 0 Å². The van der Waals surface area contributed by atoms with Crippen LogP contribution in [0.25, 0.3) is 17.0 Å².